The lowest BCUT2D eigenvalue weighted by molar-refractivity contribution is 0.102. The third kappa shape index (κ3) is 4.06. The van der Waals surface area contributed by atoms with Gasteiger partial charge in [0.25, 0.3) is 5.91 Å². The molecule has 0 aromatic heterocycles. The Balaban J connectivity index is 2.08. The number of hydrogen-bond donors (Lipinski definition) is 3. The van der Waals surface area contributed by atoms with E-state index in [1.165, 1.54) is 0 Å². The first-order valence-electron chi connectivity index (χ1n) is 6.20. The maximum absolute atomic E-state index is 12.1. The Kier molecular flexibility index (Phi) is 4.59. The third-order valence-electron chi connectivity index (χ3n) is 2.83. The van der Waals surface area contributed by atoms with Gasteiger partial charge >= 0.3 is 6.03 Å². The molecule has 2 aromatic carbocycles. The van der Waals surface area contributed by atoms with Crippen LogP contribution in [0.3, 0.4) is 0 Å². The minimum absolute atomic E-state index is 0.193. The van der Waals surface area contributed by atoms with Crippen LogP contribution in [0.4, 0.5) is 16.2 Å². The summed E-state index contributed by atoms with van der Waals surface area (Å²) in [6.07, 6.45) is 0. The number of anilines is 2. The van der Waals surface area contributed by atoms with Crippen LogP contribution in [0.5, 0.6) is 0 Å². The molecule has 3 amide bonds. The minimum atomic E-state index is -0.628. The van der Waals surface area contributed by atoms with Gasteiger partial charge in [0.05, 0.1) is 0 Å². The standard InChI is InChI=1S/C15H14BrN3O2/c1-9-8-10(2-7-13(9)16)14(20)18-11-3-5-12(6-4-11)19-15(17)21/h2-8H,1H3,(H,18,20)(H3,17,19,21). The molecule has 0 radical (unpaired) electrons. The lowest BCUT2D eigenvalue weighted by atomic mass is 10.1. The summed E-state index contributed by atoms with van der Waals surface area (Å²) < 4.78 is 0.959. The fourth-order valence-electron chi connectivity index (χ4n) is 1.77. The van der Waals surface area contributed by atoms with E-state index >= 15 is 0 Å². The topological polar surface area (TPSA) is 84.2 Å². The zero-order valence-corrected chi connectivity index (χ0v) is 12.9. The number of aryl methyl sites for hydroxylation is 1. The lowest BCUT2D eigenvalue weighted by Gasteiger charge is -2.08. The van der Waals surface area contributed by atoms with E-state index in [2.05, 4.69) is 26.6 Å². The molecule has 6 heteroatoms. The summed E-state index contributed by atoms with van der Waals surface area (Å²) in [5, 5.41) is 5.24. The van der Waals surface area contributed by atoms with Crippen molar-refractivity contribution in [3.63, 3.8) is 0 Å². The summed E-state index contributed by atoms with van der Waals surface area (Å²) in [5.41, 5.74) is 7.79. The van der Waals surface area contributed by atoms with Gasteiger partial charge < -0.3 is 16.4 Å². The first-order valence-corrected chi connectivity index (χ1v) is 6.99. The van der Waals surface area contributed by atoms with Crippen LogP contribution in [0.1, 0.15) is 15.9 Å². The Morgan fingerprint density at radius 3 is 2.10 bits per heavy atom. The average molecular weight is 348 g/mol. The monoisotopic (exact) mass is 347 g/mol. The van der Waals surface area contributed by atoms with E-state index in [1.54, 1.807) is 30.3 Å². The molecule has 0 spiro atoms. The normalized spacial score (nSPS) is 10.0. The van der Waals surface area contributed by atoms with Crippen molar-refractivity contribution in [3.8, 4) is 0 Å². The number of nitrogens with one attached hydrogen (secondary N) is 2. The van der Waals surface area contributed by atoms with Gasteiger partial charge in [0.1, 0.15) is 0 Å². The molecule has 5 nitrogen and oxygen atoms in total. The van der Waals surface area contributed by atoms with Crippen LogP contribution >= 0.6 is 15.9 Å². The molecular weight excluding hydrogens is 334 g/mol. The molecule has 0 fully saturated rings. The highest BCUT2D eigenvalue weighted by atomic mass is 79.9. The first-order chi connectivity index (χ1) is 9.95. The number of carbonyl (C=O) groups excluding carboxylic acids is 2. The van der Waals surface area contributed by atoms with Gasteiger partial charge in [-0.3, -0.25) is 4.79 Å². The van der Waals surface area contributed by atoms with Crippen LogP contribution in [0.25, 0.3) is 0 Å². The zero-order valence-electron chi connectivity index (χ0n) is 11.3. The van der Waals surface area contributed by atoms with Gasteiger partial charge in [-0.2, -0.15) is 0 Å². The molecule has 2 aromatic rings. The number of rotatable bonds is 3. The van der Waals surface area contributed by atoms with Crippen LogP contribution in [0.2, 0.25) is 0 Å². The van der Waals surface area contributed by atoms with Crippen LogP contribution in [0.15, 0.2) is 46.9 Å². The molecule has 0 bridgehead atoms. The van der Waals surface area contributed by atoms with Crippen molar-refractivity contribution in [3.05, 3.63) is 58.1 Å². The third-order valence-corrected chi connectivity index (χ3v) is 3.72. The molecule has 21 heavy (non-hydrogen) atoms. The predicted molar refractivity (Wildman–Crippen MR) is 86.5 cm³/mol. The molecule has 2 rings (SSSR count). The molecule has 0 heterocycles. The summed E-state index contributed by atoms with van der Waals surface area (Å²) in [4.78, 5) is 22.8. The molecule has 0 saturated carbocycles. The van der Waals surface area contributed by atoms with Crippen molar-refractivity contribution in [2.75, 3.05) is 10.6 Å². The van der Waals surface area contributed by atoms with E-state index in [-0.39, 0.29) is 5.91 Å². The fourth-order valence-corrected chi connectivity index (χ4v) is 2.01. The van der Waals surface area contributed by atoms with E-state index in [1.807, 2.05) is 19.1 Å². The smallest absolute Gasteiger partial charge is 0.316 e. The quantitative estimate of drug-likeness (QED) is 0.793. The Hall–Kier alpha value is -2.34. The predicted octanol–water partition coefficient (Wildman–Crippen LogP) is 3.50. The highest BCUT2D eigenvalue weighted by Gasteiger charge is 2.07. The van der Waals surface area contributed by atoms with Crippen LogP contribution in [0, 0.1) is 6.92 Å². The number of benzene rings is 2. The van der Waals surface area contributed by atoms with E-state index in [9.17, 15) is 9.59 Å². The second-order valence-electron chi connectivity index (χ2n) is 4.48. The number of urea groups is 1. The van der Waals surface area contributed by atoms with E-state index in [0.717, 1.165) is 10.0 Å². The molecule has 0 aliphatic carbocycles. The van der Waals surface area contributed by atoms with Crippen molar-refractivity contribution in [2.45, 2.75) is 6.92 Å². The van der Waals surface area contributed by atoms with Gasteiger partial charge in [0, 0.05) is 21.4 Å². The van der Waals surface area contributed by atoms with Crippen LogP contribution < -0.4 is 16.4 Å². The number of halogens is 1. The number of amides is 3. The van der Waals surface area contributed by atoms with Crippen molar-refractivity contribution in [2.24, 2.45) is 5.73 Å². The maximum Gasteiger partial charge on any atom is 0.316 e. The van der Waals surface area contributed by atoms with Crippen LogP contribution in [-0.4, -0.2) is 11.9 Å². The molecule has 108 valence electrons. The minimum Gasteiger partial charge on any atom is -0.351 e. The van der Waals surface area contributed by atoms with Crippen LogP contribution in [-0.2, 0) is 0 Å². The van der Waals surface area contributed by atoms with Gasteiger partial charge in [-0.25, -0.2) is 4.79 Å². The summed E-state index contributed by atoms with van der Waals surface area (Å²) in [6, 6.07) is 11.5. The number of nitrogens with two attached hydrogens (primary N) is 1. The Bertz CT molecular complexity index is 684. The summed E-state index contributed by atoms with van der Waals surface area (Å²) >= 11 is 3.40. The van der Waals surface area contributed by atoms with Gasteiger partial charge in [0.2, 0.25) is 0 Å². The Labute approximate surface area is 130 Å². The van der Waals surface area contributed by atoms with Gasteiger partial charge in [-0.15, -0.1) is 0 Å². The lowest BCUT2D eigenvalue weighted by Crippen LogP contribution is -2.19. The molecule has 0 atom stereocenters. The van der Waals surface area contributed by atoms with E-state index < -0.39 is 6.03 Å². The summed E-state index contributed by atoms with van der Waals surface area (Å²) in [7, 11) is 0. The Morgan fingerprint density at radius 1 is 1.00 bits per heavy atom. The second-order valence-corrected chi connectivity index (χ2v) is 5.34. The molecule has 0 saturated heterocycles. The average Bonchev–Trinajstić information content (AvgIpc) is 2.43. The number of carbonyl (C=O) groups is 2. The number of hydrogen-bond acceptors (Lipinski definition) is 2. The largest absolute Gasteiger partial charge is 0.351 e. The van der Waals surface area contributed by atoms with Crippen molar-refractivity contribution >= 4 is 39.2 Å². The second kappa shape index (κ2) is 6.41. The molecule has 0 aliphatic heterocycles. The van der Waals surface area contributed by atoms with Crippen molar-refractivity contribution in [1.29, 1.82) is 0 Å². The zero-order chi connectivity index (χ0) is 15.4. The van der Waals surface area contributed by atoms with Gasteiger partial charge in [-0.05, 0) is 55.0 Å². The molecule has 0 aliphatic rings. The van der Waals surface area contributed by atoms with E-state index in [4.69, 9.17) is 5.73 Å². The van der Waals surface area contributed by atoms with E-state index in [0.29, 0.717) is 16.9 Å². The highest BCUT2D eigenvalue weighted by Crippen LogP contribution is 2.19. The highest BCUT2D eigenvalue weighted by molar-refractivity contribution is 9.10. The maximum atomic E-state index is 12.1. The summed E-state index contributed by atoms with van der Waals surface area (Å²) in [5.74, 6) is -0.193. The molecule has 4 N–H and O–H groups in total. The molecular formula is C15H14BrN3O2. The van der Waals surface area contributed by atoms with Crippen molar-refractivity contribution < 1.29 is 9.59 Å². The first kappa shape index (κ1) is 15.1. The number of primary amides is 1. The fraction of sp³-hybridized carbons (Fsp3) is 0.0667. The van der Waals surface area contributed by atoms with Crippen molar-refractivity contribution in [1.82, 2.24) is 0 Å². The van der Waals surface area contributed by atoms with Gasteiger partial charge in [-0.1, -0.05) is 15.9 Å². The SMILES string of the molecule is Cc1cc(C(=O)Nc2ccc(NC(N)=O)cc2)ccc1Br. The summed E-state index contributed by atoms with van der Waals surface area (Å²) in [6.45, 7) is 1.92. The molecule has 0 unspecified atom stereocenters. The Morgan fingerprint density at radius 2 is 1.57 bits per heavy atom. The van der Waals surface area contributed by atoms with Gasteiger partial charge in [0.15, 0.2) is 0 Å².